The van der Waals surface area contributed by atoms with Crippen LogP contribution in [0, 0.1) is 17.3 Å². The first-order chi connectivity index (χ1) is 9.52. The number of carbonyl (C=O) groups excluding carboxylic acids is 2. The van der Waals surface area contributed by atoms with Crippen LogP contribution in [0.1, 0.15) is 59.8 Å². The lowest BCUT2D eigenvalue weighted by Gasteiger charge is -2.19. The number of rotatable bonds is 8. The summed E-state index contributed by atoms with van der Waals surface area (Å²) >= 11 is 0. The van der Waals surface area contributed by atoms with Crippen molar-refractivity contribution in [3.8, 4) is 11.8 Å². The van der Waals surface area contributed by atoms with Crippen LogP contribution in [0.3, 0.4) is 0 Å². The van der Waals surface area contributed by atoms with Crippen LogP contribution >= 0.6 is 0 Å². The van der Waals surface area contributed by atoms with E-state index >= 15 is 0 Å². The standard InChI is InChI=1S/C16H26O4/c1-5-8-9-10-11-12-13-16(4,14(17)19-6-2)15(18)20-7-3/h5-11H2,1-4H3. The molecule has 0 heterocycles. The Morgan fingerprint density at radius 3 is 1.95 bits per heavy atom. The van der Waals surface area contributed by atoms with Crippen LogP contribution in [0.5, 0.6) is 0 Å². The van der Waals surface area contributed by atoms with Gasteiger partial charge in [-0.25, -0.2) is 9.59 Å². The molecular weight excluding hydrogens is 256 g/mol. The monoisotopic (exact) mass is 282 g/mol. The molecule has 0 saturated carbocycles. The normalized spacial score (nSPS) is 10.4. The minimum atomic E-state index is -1.52. The molecule has 0 bridgehead atoms. The van der Waals surface area contributed by atoms with Crippen molar-refractivity contribution in [2.24, 2.45) is 5.41 Å². The Labute approximate surface area is 122 Å². The highest BCUT2D eigenvalue weighted by Crippen LogP contribution is 2.20. The fourth-order valence-corrected chi connectivity index (χ4v) is 1.62. The van der Waals surface area contributed by atoms with Crippen molar-refractivity contribution in [3.63, 3.8) is 0 Å². The topological polar surface area (TPSA) is 52.6 Å². The summed E-state index contributed by atoms with van der Waals surface area (Å²) in [7, 11) is 0. The van der Waals surface area contributed by atoms with Crippen LogP contribution in [0.25, 0.3) is 0 Å². The van der Waals surface area contributed by atoms with Gasteiger partial charge in [-0.05, 0) is 27.2 Å². The van der Waals surface area contributed by atoms with Crippen molar-refractivity contribution in [2.75, 3.05) is 13.2 Å². The maximum absolute atomic E-state index is 11.9. The van der Waals surface area contributed by atoms with Crippen molar-refractivity contribution in [1.29, 1.82) is 0 Å². The molecule has 4 nitrogen and oxygen atoms in total. The molecule has 0 amide bonds. The van der Waals surface area contributed by atoms with Crippen LogP contribution in [-0.2, 0) is 19.1 Å². The Morgan fingerprint density at radius 2 is 1.50 bits per heavy atom. The lowest BCUT2D eigenvalue weighted by molar-refractivity contribution is -0.165. The molecule has 0 rings (SSSR count). The fraction of sp³-hybridized carbons (Fsp3) is 0.750. The summed E-state index contributed by atoms with van der Waals surface area (Å²) in [5.74, 6) is 4.38. The largest absolute Gasteiger partial charge is 0.464 e. The lowest BCUT2D eigenvalue weighted by atomic mass is 9.91. The van der Waals surface area contributed by atoms with E-state index in [4.69, 9.17) is 9.47 Å². The van der Waals surface area contributed by atoms with E-state index in [0.717, 1.165) is 19.3 Å². The van der Waals surface area contributed by atoms with E-state index in [9.17, 15) is 9.59 Å². The zero-order valence-corrected chi connectivity index (χ0v) is 13.1. The summed E-state index contributed by atoms with van der Waals surface area (Å²) in [6.45, 7) is 7.42. The van der Waals surface area contributed by atoms with Gasteiger partial charge in [0, 0.05) is 6.42 Å². The minimum Gasteiger partial charge on any atom is -0.464 e. The molecule has 0 aliphatic heterocycles. The summed E-state index contributed by atoms with van der Waals surface area (Å²) in [5.41, 5.74) is -1.52. The Bertz CT molecular complexity index is 344. The van der Waals surface area contributed by atoms with Gasteiger partial charge in [0.25, 0.3) is 0 Å². The predicted octanol–water partition coefficient (Wildman–Crippen LogP) is 3.09. The maximum Gasteiger partial charge on any atom is 0.335 e. The molecule has 0 radical (unpaired) electrons. The average molecular weight is 282 g/mol. The molecule has 114 valence electrons. The van der Waals surface area contributed by atoms with Crippen molar-refractivity contribution in [3.05, 3.63) is 0 Å². The van der Waals surface area contributed by atoms with Gasteiger partial charge in [-0.15, -0.1) is 5.92 Å². The summed E-state index contributed by atoms with van der Waals surface area (Å²) < 4.78 is 9.86. The highest BCUT2D eigenvalue weighted by molar-refractivity contribution is 6.03. The van der Waals surface area contributed by atoms with Gasteiger partial charge < -0.3 is 9.47 Å². The van der Waals surface area contributed by atoms with Crippen molar-refractivity contribution in [2.45, 2.75) is 59.8 Å². The molecule has 4 heteroatoms. The molecule has 0 aromatic carbocycles. The zero-order chi connectivity index (χ0) is 15.4. The first-order valence-electron chi connectivity index (χ1n) is 7.37. The van der Waals surface area contributed by atoms with Gasteiger partial charge in [0.2, 0.25) is 5.41 Å². The Kier molecular flexibility index (Phi) is 9.53. The molecule has 0 atom stereocenters. The number of hydrogen-bond donors (Lipinski definition) is 0. The third-order valence-corrected chi connectivity index (χ3v) is 2.86. The molecule has 0 N–H and O–H groups in total. The molecular formula is C16H26O4. The second-order valence-electron chi connectivity index (χ2n) is 4.68. The van der Waals surface area contributed by atoms with Gasteiger partial charge in [0.1, 0.15) is 0 Å². The highest BCUT2D eigenvalue weighted by atomic mass is 16.6. The molecule has 20 heavy (non-hydrogen) atoms. The summed E-state index contributed by atoms with van der Waals surface area (Å²) in [5, 5.41) is 0. The van der Waals surface area contributed by atoms with Crippen LogP contribution in [0.4, 0.5) is 0 Å². The SMILES string of the molecule is CCCCCCC#CC(C)(C(=O)OCC)C(=O)OCC. The quantitative estimate of drug-likeness (QED) is 0.297. The number of esters is 2. The third kappa shape index (κ3) is 6.10. The molecule has 0 saturated heterocycles. The zero-order valence-electron chi connectivity index (χ0n) is 13.1. The van der Waals surface area contributed by atoms with Crippen LogP contribution in [0.2, 0.25) is 0 Å². The first kappa shape index (κ1) is 18.5. The predicted molar refractivity (Wildman–Crippen MR) is 77.9 cm³/mol. The fourth-order valence-electron chi connectivity index (χ4n) is 1.62. The number of hydrogen-bond acceptors (Lipinski definition) is 4. The Morgan fingerprint density at radius 1 is 0.950 bits per heavy atom. The van der Waals surface area contributed by atoms with Crippen LogP contribution in [0.15, 0.2) is 0 Å². The molecule has 0 aliphatic rings. The van der Waals surface area contributed by atoms with E-state index in [-0.39, 0.29) is 13.2 Å². The molecule has 0 aromatic rings. The van der Waals surface area contributed by atoms with E-state index in [1.807, 2.05) is 0 Å². The van der Waals surface area contributed by atoms with Gasteiger partial charge in [0.15, 0.2) is 0 Å². The number of ether oxygens (including phenoxy) is 2. The van der Waals surface area contributed by atoms with Crippen molar-refractivity contribution in [1.82, 2.24) is 0 Å². The molecule has 0 unspecified atom stereocenters. The summed E-state index contributed by atoms with van der Waals surface area (Å²) in [6, 6.07) is 0. The summed E-state index contributed by atoms with van der Waals surface area (Å²) in [6.07, 6.45) is 5.10. The van der Waals surface area contributed by atoms with E-state index in [0.29, 0.717) is 6.42 Å². The first-order valence-corrected chi connectivity index (χ1v) is 7.37. The molecule has 0 aliphatic carbocycles. The number of unbranched alkanes of at least 4 members (excludes halogenated alkanes) is 4. The highest BCUT2D eigenvalue weighted by Gasteiger charge is 2.42. The second-order valence-corrected chi connectivity index (χ2v) is 4.68. The van der Waals surface area contributed by atoms with Crippen LogP contribution in [-0.4, -0.2) is 25.2 Å². The molecule has 0 fully saturated rings. The second kappa shape index (κ2) is 10.3. The smallest absolute Gasteiger partial charge is 0.335 e. The van der Waals surface area contributed by atoms with E-state index in [2.05, 4.69) is 18.8 Å². The van der Waals surface area contributed by atoms with Crippen LogP contribution < -0.4 is 0 Å². The van der Waals surface area contributed by atoms with Gasteiger partial charge >= 0.3 is 11.9 Å². The maximum atomic E-state index is 11.9. The van der Waals surface area contributed by atoms with Gasteiger partial charge in [-0.2, -0.15) is 0 Å². The van der Waals surface area contributed by atoms with E-state index in [1.165, 1.54) is 13.3 Å². The average Bonchev–Trinajstić information content (AvgIpc) is 2.42. The minimum absolute atomic E-state index is 0.214. The van der Waals surface area contributed by atoms with Gasteiger partial charge in [-0.3, -0.25) is 0 Å². The Balaban J connectivity index is 4.73. The van der Waals surface area contributed by atoms with Gasteiger partial charge in [-0.1, -0.05) is 32.1 Å². The molecule has 0 aromatic heterocycles. The summed E-state index contributed by atoms with van der Waals surface area (Å²) in [4.78, 5) is 23.8. The van der Waals surface area contributed by atoms with Crippen molar-refractivity contribution >= 4 is 11.9 Å². The third-order valence-electron chi connectivity index (χ3n) is 2.86. The van der Waals surface area contributed by atoms with Crippen molar-refractivity contribution < 1.29 is 19.1 Å². The number of carbonyl (C=O) groups is 2. The van der Waals surface area contributed by atoms with E-state index in [1.54, 1.807) is 13.8 Å². The Hall–Kier alpha value is -1.50. The van der Waals surface area contributed by atoms with Gasteiger partial charge in [0.05, 0.1) is 13.2 Å². The van der Waals surface area contributed by atoms with E-state index < -0.39 is 17.4 Å². The lowest BCUT2D eigenvalue weighted by Crippen LogP contribution is -2.38. The molecule has 0 spiro atoms.